The number of piperazine rings is 1. The Morgan fingerprint density at radius 2 is 1.61 bits per heavy atom. The molecule has 162 valence electrons. The molecule has 1 N–H and O–H groups in total. The highest BCUT2D eigenvalue weighted by molar-refractivity contribution is 5.98. The highest BCUT2D eigenvalue weighted by Gasteiger charge is 2.28. The number of halogens is 1. The molecule has 0 aliphatic carbocycles. The van der Waals surface area contributed by atoms with Crippen LogP contribution >= 0.6 is 0 Å². The topological polar surface area (TPSA) is 65.6 Å². The van der Waals surface area contributed by atoms with Gasteiger partial charge in [-0.3, -0.25) is 4.79 Å². The Hall–Kier alpha value is -3.35. The molecule has 0 saturated carbocycles. The van der Waals surface area contributed by atoms with Gasteiger partial charge in [0.1, 0.15) is 11.4 Å². The normalized spacial score (nSPS) is 14.7. The lowest BCUT2D eigenvalue weighted by Gasteiger charge is -2.35. The number of benzene rings is 2. The Bertz CT molecular complexity index is 1110. The summed E-state index contributed by atoms with van der Waals surface area (Å²) in [6, 6.07) is 12.1. The van der Waals surface area contributed by atoms with E-state index < -0.39 is 5.60 Å². The van der Waals surface area contributed by atoms with Gasteiger partial charge in [0.2, 0.25) is 0 Å². The number of nitrogens with one attached hydrogen (secondary N) is 1. The first-order valence-corrected chi connectivity index (χ1v) is 10.4. The minimum absolute atomic E-state index is 0.0589. The Morgan fingerprint density at radius 3 is 2.26 bits per heavy atom. The van der Waals surface area contributed by atoms with Gasteiger partial charge in [-0.05, 0) is 56.7 Å². The molecule has 1 aromatic heterocycles. The molecule has 1 fully saturated rings. The molecule has 6 nitrogen and oxygen atoms in total. The van der Waals surface area contributed by atoms with Crippen molar-refractivity contribution in [1.82, 2.24) is 14.8 Å². The van der Waals surface area contributed by atoms with E-state index >= 15 is 0 Å². The van der Waals surface area contributed by atoms with Gasteiger partial charge in [0.05, 0.1) is 0 Å². The van der Waals surface area contributed by atoms with E-state index in [1.165, 1.54) is 12.1 Å². The lowest BCUT2D eigenvalue weighted by Crippen LogP contribution is -2.51. The van der Waals surface area contributed by atoms with Crippen molar-refractivity contribution >= 4 is 22.9 Å². The van der Waals surface area contributed by atoms with E-state index in [1.807, 2.05) is 39.1 Å². The second-order valence-electron chi connectivity index (χ2n) is 8.73. The predicted molar refractivity (Wildman–Crippen MR) is 117 cm³/mol. The summed E-state index contributed by atoms with van der Waals surface area (Å²) in [4.78, 5) is 31.6. The molecule has 0 spiro atoms. The number of amides is 2. The van der Waals surface area contributed by atoms with Crippen LogP contribution in [0.1, 0.15) is 31.1 Å². The van der Waals surface area contributed by atoms with Crippen LogP contribution in [0.4, 0.5) is 9.18 Å². The SMILES string of the molecule is CC(C)(C)OC(=O)N1CCN(C(=O)c2ccc(-c3c[nH]c4cc(F)ccc34)cc2)CC1. The van der Waals surface area contributed by atoms with Crippen LogP contribution in [0.5, 0.6) is 0 Å². The van der Waals surface area contributed by atoms with Crippen molar-refractivity contribution < 1.29 is 18.7 Å². The zero-order chi connectivity index (χ0) is 22.2. The summed E-state index contributed by atoms with van der Waals surface area (Å²) in [5.41, 5.74) is 2.70. The second kappa shape index (κ2) is 8.06. The van der Waals surface area contributed by atoms with Crippen LogP contribution in [0.25, 0.3) is 22.0 Å². The van der Waals surface area contributed by atoms with Gasteiger partial charge < -0.3 is 19.5 Å². The van der Waals surface area contributed by atoms with Crippen LogP contribution in [0, 0.1) is 5.82 Å². The van der Waals surface area contributed by atoms with Crippen molar-refractivity contribution in [3.05, 3.63) is 60.0 Å². The number of aromatic nitrogens is 1. The van der Waals surface area contributed by atoms with Crippen molar-refractivity contribution in [1.29, 1.82) is 0 Å². The molecule has 0 unspecified atom stereocenters. The van der Waals surface area contributed by atoms with Crippen molar-refractivity contribution in [3.8, 4) is 11.1 Å². The summed E-state index contributed by atoms with van der Waals surface area (Å²) in [6.07, 6.45) is 1.50. The zero-order valence-electron chi connectivity index (χ0n) is 17.9. The van der Waals surface area contributed by atoms with E-state index in [0.717, 1.165) is 22.0 Å². The molecular formula is C24H26FN3O3. The van der Waals surface area contributed by atoms with Gasteiger partial charge in [-0.1, -0.05) is 12.1 Å². The first-order valence-electron chi connectivity index (χ1n) is 10.4. The van der Waals surface area contributed by atoms with Crippen LogP contribution < -0.4 is 0 Å². The number of nitrogens with zero attached hydrogens (tertiary/aromatic N) is 2. The standard InChI is InChI=1S/C24H26FN3O3/c1-24(2,3)31-23(30)28-12-10-27(11-13-28)22(29)17-6-4-16(5-7-17)20-15-26-21-14-18(25)8-9-19(20)21/h4-9,14-15,26H,10-13H2,1-3H3. The molecule has 4 rings (SSSR count). The maximum atomic E-state index is 13.4. The van der Waals surface area contributed by atoms with E-state index in [4.69, 9.17) is 4.74 Å². The molecule has 0 bridgehead atoms. The van der Waals surface area contributed by atoms with Crippen LogP contribution in [-0.2, 0) is 4.74 Å². The number of ether oxygens (including phenoxy) is 1. The fraction of sp³-hybridized carbons (Fsp3) is 0.333. The second-order valence-corrected chi connectivity index (χ2v) is 8.73. The van der Waals surface area contributed by atoms with Gasteiger partial charge in [0, 0.05) is 54.4 Å². The van der Waals surface area contributed by atoms with Crippen molar-refractivity contribution in [2.45, 2.75) is 26.4 Å². The Labute approximate surface area is 180 Å². The van der Waals surface area contributed by atoms with Crippen molar-refractivity contribution in [3.63, 3.8) is 0 Å². The maximum Gasteiger partial charge on any atom is 0.410 e. The molecule has 3 aromatic rings. The number of carbonyl (C=O) groups is 2. The molecule has 2 heterocycles. The molecule has 7 heteroatoms. The molecule has 1 aliphatic heterocycles. The average Bonchev–Trinajstić information content (AvgIpc) is 3.15. The van der Waals surface area contributed by atoms with Crippen LogP contribution in [0.2, 0.25) is 0 Å². The number of hydrogen-bond acceptors (Lipinski definition) is 3. The number of H-pyrrole nitrogens is 1. The average molecular weight is 423 g/mol. The van der Waals surface area contributed by atoms with Crippen LogP contribution in [-0.4, -0.2) is 58.6 Å². The third-order valence-corrected chi connectivity index (χ3v) is 5.31. The molecule has 1 aliphatic rings. The fourth-order valence-corrected chi connectivity index (χ4v) is 3.73. The summed E-state index contributed by atoms with van der Waals surface area (Å²) in [7, 11) is 0. The monoisotopic (exact) mass is 423 g/mol. The smallest absolute Gasteiger partial charge is 0.410 e. The lowest BCUT2D eigenvalue weighted by atomic mass is 10.0. The molecule has 1 saturated heterocycles. The number of aromatic amines is 1. The largest absolute Gasteiger partial charge is 0.444 e. The lowest BCUT2D eigenvalue weighted by molar-refractivity contribution is 0.0141. The first kappa shape index (κ1) is 20.9. The molecule has 31 heavy (non-hydrogen) atoms. The molecule has 2 aromatic carbocycles. The first-order chi connectivity index (χ1) is 14.7. The van der Waals surface area contributed by atoms with Gasteiger partial charge in [0.25, 0.3) is 5.91 Å². The maximum absolute atomic E-state index is 13.4. The van der Waals surface area contributed by atoms with Crippen molar-refractivity contribution in [2.75, 3.05) is 26.2 Å². The Balaban J connectivity index is 1.41. The molecular weight excluding hydrogens is 397 g/mol. The minimum atomic E-state index is -0.537. The van der Waals surface area contributed by atoms with Crippen LogP contribution in [0.15, 0.2) is 48.7 Å². The van der Waals surface area contributed by atoms with E-state index in [1.54, 1.807) is 28.0 Å². The zero-order valence-corrected chi connectivity index (χ0v) is 17.9. The van der Waals surface area contributed by atoms with E-state index in [-0.39, 0.29) is 17.8 Å². The van der Waals surface area contributed by atoms with Gasteiger partial charge in [0.15, 0.2) is 0 Å². The predicted octanol–water partition coefficient (Wildman–Crippen LogP) is 4.67. The fourth-order valence-electron chi connectivity index (χ4n) is 3.73. The number of rotatable bonds is 2. The van der Waals surface area contributed by atoms with E-state index in [9.17, 15) is 14.0 Å². The summed E-state index contributed by atoms with van der Waals surface area (Å²) >= 11 is 0. The molecule has 0 radical (unpaired) electrons. The number of carbonyl (C=O) groups excluding carboxylic acids is 2. The summed E-state index contributed by atoms with van der Waals surface area (Å²) in [5.74, 6) is -0.343. The summed E-state index contributed by atoms with van der Waals surface area (Å²) in [5, 5.41) is 0.929. The van der Waals surface area contributed by atoms with Gasteiger partial charge in [-0.15, -0.1) is 0 Å². The summed E-state index contributed by atoms with van der Waals surface area (Å²) < 4.78 is 18.8. The number of fused-ring (bicyclic) bond motifs is 1. The Kier molecular flexibility index (Phi) is 5.43. The van der Waals surface area contributed by atoms with Gasteiger partial charge in [-0.2, -0.15) is 0 Å². The minimum Gasteiger partial charge on any atom is -0.444 e. The number of hydrogen-bond donors (Lipinski definition) is 1. The summed E-state index contributed by atoms with van der Waals surface area (Å²) in [6.45, 7) is 7.34. The van der Waals surface area contributed by atoms with Gasteiger partial charge in [-0.25, -0.2) is 9.18 Å². The van der Waals surface area contributed by atoms with Gasteiger partial charge >= 0.3 is 6.09 Å². The van der Waals surface area contributed by atoms with E-state index in [0.29, 0.717) is 31.7 Å². The highest BCUT2D eigenvalue weighted by atomic mass is 19.1. The molecule has 0 atom stereocenters. The third kappa shape index (κ3) is 4.55. The third-order valence-electron chi connectivity index (χ3n) is 5.31. The molecule has 2 amide bonds. The highest BCUT2D eigenvalue weighted by Crippen LogP contribution is 2.29. The van der Waals surface area contributed by atoms with E-state index in [2.05, 4.69) is 4.98 Å². The van der Waals surface area contributed by atoms with Crippen LogP contribution in [0.3, 0.4) is 0 Å². The quantitative estimate of drug-likeness (QED) is 0.652. The Morgan fingerprint density at radius 1 is 0.968 bits per heavy atom. The van der Waals surface area contributed by atoms with Crippen molar-refractivity contribution in [2.24, 2.45) is 0 Å².